The average Bonchev–Trinajstić information content (AvgIpc) is 3.22. The van der Waals surface area contributed by atoms with Crippen LogP contribution in [0.1, 0.15) is 40.8 Å². The second-order valence-corrected chi connectivity index (χ2v) is 12.1. The molecule has 0 radical (unpaired) electrons. The number of fused-ring (bicyclic) bond motifs is 1. The van der Waals surface area contributed by atoms with Gasteiger partial charge in [-0.3, -0.25) is 0 Å². The maximum Gasteiger partial charge on any atom is 0.283 e. The van der Waals surface area contributed by atoms with Gasteiger partial charge in [-0.1, -0.05) is 29.8 Å². The number of aryl methyl sites for hydroxylation is 1. The van der Waals surface area contributed by atoms with Crippen molar-refractivity contribution >= 4 is 44.6 Å². The molecule has 8 heteroatoms. The maximum absolute atomic E-state index is 13.8. The molecule has 1 fully saturated rings. The largest absolute Gasteiger partial charge is 0.365 e. The van der Waals surface area contributed by atoms with Gasteiger partial charge in [0.15, 0.2) is 5.82 Å². The third-order valence-electron chi connectivity index (χ3n) is 6.51. The van der Waals surface area contributed by atoms with Crippen LogP contribution in [-0.2, 0) is 21.9 Å². The van der Waals surface area contributed by atoms with Crippen molar-refractivity contribution < 1.29 is 8.42 Å². The predicted octanol–water partition coefficient (Wildman–Crippen LogP) is 5.68. The minimum Gasteiger partial charge on any atom is -0.365 e. The number of thiophene rings is 2. The van der Waals surface area contributed by atoms with E-state index < -0.39 is 15.4 Å². The zero-order chi connectivity index (χ0) is 22.6. The summed E-state index contributed by atoms with van der Waals surface area (Å²) in [5.74, 6) is 0.656. The van der Waals surface area contributed by atoms with E-state index in [1.807, 2.05) is 19.1 Å². The molecular weight excluding hydrogens is 470 g/mol. The van der Waals surface area contributed by atoms with E-state index >= 15 is 0 Å². The average molecular weight is 494 g/mol. The summed E-state index contributed by atoms with van der Waals surface area (Å²) in [5, 5.41) is 16.6. The van der Waals surface area contributed by atoms with Crippen molar-refractivity contribution in [1.82, 2.24) is 9.19 Å². The van der Waals surface area contributed by atoms with E-state index in [9.17, 15) is 8.42 Å². The fourth-order valence-corrected chi connectivity index (χ4v) is 7.27. The first-order valence-corrected chi connectivity index (χ1v) is 14.3. The Labute approximate surface area is 201 Å². The first-order valence-electron chi connectivity index (χ1n) is 10.9. The highest BCUT2D eigenvalue weighted by molar-refractivity contribution is 7.89. The van der Waals surface area contributed by atoms with Gasteiger partial charge in [0.05, 0.1) is 10.6 Å². The molecule has 33 heavy (non-hydrogen) atoms. The number of hydrogen-bond donors (Lipinski definition) is 1. The fraction of sp³-hybridized carbons (Fsp3) is 0.240. The Morgan fingerprint density at radius 3 is 2.27 bits per heavy atom. The van der Waals surface area contributed by atoms with E-state index in [1.54, 1.807) is 34.8 Å². The Hall–Kier alpha value is -2.68. The lowest BCUT2D eigenvalue weighted by atomic mass is 9.70. The molecule has 1 saturated carbocycles. The molecule has 1 aromatic carbocycles. The number of hydrogen-bond acceptors (Lipinski definition) is 6. The minimum atomic E-state index is -3.84. The molecule has 0 aliphatic heterocycles. The van der Waals surface area contributed by atoms with E-state index in [4.69, 9.17) is 0 Å². The third-order valence-corrected chi connectivity index (χ3v) is 9.50. The number of rotatable bonds is 6. The predicted molar refractivity (Wildman–Crippen MR) is 135 cm³/mol. The molecule has 3 heterocycles. The van der Waals surface area contributed by atoms with E-state index in [-0.39, 0.29) is 4.90 Å². The van der Waals surface area contributed by atoms with Gasteiger partial charge in [0.1, 0.15) is 0 Å². The summed E-state index contributed by atoms with van der Waals surface area (Å²) >= 11 is 3.31. The standard InChI is InChI=1S/C25H23N3O2S3/c1-17-2-6-21(7-3-17)33(29,30)28-23-14-25(18-9-12-31-15-18,19-10-13-32-16-19)11-8-22(23)24(27-28)26-20-4-5-20/h2-3,6-13,15-16,20H,4-5,14H2,1H3,(H,26,27). The van der Waals surface area contributed by atoms with Gasteiger partial charge in [0.2, 0.25) is 0 Å². The molecule has 0 saturated heterocycles. The van der Waals surface area contributed by atoms with Crippen molar-refractivity contribution in [1.29, 1.82) is 0 Å². The van der Waals surface area contributed by atoms with Gasteiger partial charge in [-0.25, -0.2) is 0 Å². The highest BCUT2D eigenvalue weighted by Crippen LogP contribution is 2.45. The van der Waals surface area contributed by atoms with Crippen LogP contribution in [0.25, 0.3) is 6.08 Å². The lowest BCUT2D eigenvalue weighted by molar-refractivity contribution is 0.566. The SMILES string of the molecule is Cc1ccc(S(=O)(=O)n2nc(NC3CC3)c3c2CC(c2ccsc2)(c2ccsc2)C=C3)cc1. The van der Waals surface area contributed by atoms with E-state index in [0.717, 1.165) is 29.7 Å². The molecule has 0 amide bonds. The molecule has 2 aliphatic carbocycles. The summed E-state index contributed by atoms with van der Waals surface area (Å²) in [6.45, 7) is 1.95. The Morgan fingerprint density at radius 1 is 1.03 bits per heavy atom. The van der Waals surface area contributed by atoms with Gasteiger partial charge in [-0.15, -0.1) is 5.10 Å². The molecule has 3 aromatic heterocycles. The molecular formula is C25H23N3O2S3. The Kier molecular flexibility index (Phi) is 4.87. The quantitative estimate of drug-likeness (QED) is 0.375. The van der Waals surface area contributed by atoms with Crippen molar-refractivity contribution in [3.05, 3.63) is 91.9 Å². The normalized spacial score (nSPS) is 17.1. The van der Waals surface area contributed by atoms with Crippen LogP contribution in [0.15, 0.2) is 68.9 Å². The van der Waals surface area contributed by atoms with Crippen LogP contribution < -0.4 is 5.32 Å². The lowest BCUT2D eigenvalue weighted by Gasteiger charge is -2.33. The summed E-state index contributed by atoms with van der Waals surface area (Å²) in [5.41, 5.74) is 4.53. The zero-order valence-electron chi connectivity index (χ0n) is 18.1. The van der Waals surface area contributed by atoms with Crippen LogP contribution in [0, 0.1) is 6.92 Å². The third kappa shape index (κ3) is 3.48. The maximum atomic E-state index is 13.8. The topological polar surface area (TPSA) is 64.0 Å². The molecule has 0 bridgehead atoms. The van der Waals surface area contributed by atoms with Crippen LogP contribution in [0.5, 0.6) is 0 Å². The van der Waals surface area contributed by atoms with Gasteiger partial charge in [0, 0.05) is 23.4 Å². The number of benzene rings is 1. The van der Waals surface area contributed by atoms with Gasteiger partial charge >= 0.3 is 0 Å². The number of aromatic nitrogens is 2. The van der Waals surface area contributed by atoms with E-state index in [2.05, 4.69) is 56.2 Å². The molecule has 2 aliphatic rings. The monoisotopic (exact) mass is 493 g/mol. The Morgan fingerprint density at radius 2 is 1.70 bits per heavy atom. The smallest absolute Gasteiger partial charge is 0.283 e. The van der Waals surface area contributed by atoms with Crippen LogP contribution in [0.2, 0.25) is 0 Å². The van der Waals surface area contributed by atoms with Gasteiger partial charge in [0.25, 0.3) is 10.0 Å². The van der Waals surface area contributed by atoms with Crippen molar-refractivity contribution in [2.45, 2.75) is 42.5 Å². The fourth-order valence-electron chi connectivity index (χ4n) is 4.47. The molecule has 0 atom stereocenters. The zero-order valence-corrected chi connectivity index (χ0v) is 20.5. The highest BCUT2D eigenvalue weighted by Gasteiger charge is 2.40. The van der Waals surface area contributed by atoms with Crippen molar-refractivity contribution in [3.63, 3.8) is 0 Å². The van der Waals surface area contributed by atoms with Crippen LogP contribution in [-0.4, -0.2) is 23.6 Å². The molecule has 0 unspecified atom stereocenters. The number of anilines is 1. The summed E-state index contributed by atoms with van der Waals surface area (Å²) < 4.78 is 28.8. The minimum absolute atomic E-state index is 0.252. The van der Waals surface area contributed by atoms with Crippen LogP contribution >= 0.6 is 22.7 Å². The molecule has 5 nitrogen and oxygen atoms in total. The molecule has 4 aromatic rings. The second-order valence-electron chi connectivity index (χ2n) is 8.79. The highest BCUT2D eigenvalue weighted by atomic mass is 32.2. The van der Waals surface area contributed by atoms with Gasteiger partial charge < -0.3 is 5.32 Å². The summed E-state index contributed by atoms with van der Waals surface area (Å²) in [7, 11) is -3.84. The first-order chi connectivity index (χ1) is 16.0. The van der Waals surface area contributed by atoms with E-state index in [0.29, 0.717) is 18.3 Å². The van der Waals surface area contributed by atoms with Crippen LogP contribution in [0.3, 0.4) is 0 Å². The second kappa shape index (κ2) is 7.68. The van der Waals surface area contributed by atoms with Crippen LogP contribution in [0.4, 0.5) is 5.82 Å². The summed E-state index contributed by atoms with van der Waals surface area (Å²) in [4.78, 5) is 0.252. The lowest BCUT2D eigenvalue weighted by Crippen LogP contribution is -2.32. The number of nitrogens with zero attached hydrogens (tertiary/aromatic N) is 2. The number of nitrogens with one attached hydrogen (secondary N) is 1. The Balaban J connectivity index is 1.54. The molecule has 6 rings (SSSR count). The van der Waals surface area contributed by atoms with Crippen molar-refractivity contribution in [2.75, 3.05) is 5.32 Å². The van der Waals surface area contributed by atoms with Crippen molar-refractivity contribution in [3.8, 4) is 0 Å². The number of allylic oxidation sites excluding steroid dienone is 1. The summed E-state index contributed by atoms with van der Waals surface area (Å²) in [6, 6.07) is 11.6. The summed E-state index contributed by atoms with van der Waals surface area (Å²) in [6.07, 6.45) is 6.99. The van der Waals surface area contributed by atoms with E-state index in [1.165, 1.54) is 15.2 Å². The molecule has 168 valence electrons. The van der Waals surface area contributed by atoms with Crippen molar-refractivity contribution in [2.24, 2.45) is 0 Å². The Bertz CT molecular complexity index is 1390. The molecule has 1 N–H and O–H groups in total. The first kappa shape index (κ1) is 20.9. The molecule has 0 spiro atoms. The van der Waals surface area contributed by atoms with Gasteiger partial charge in [-0.05, 0) is 76.7 Å². The van der Waals surface area contributed by atoms with Gasteiger partial charge in [-0.2, -0.15) is 35.2 Å².